The highest BCUT2D eigenvalue weighted by Crippen LogP contribution is 2.26. The number of likely N-dealkylation sites (tertiary alicyclic amines) is 1. The SMILES string of the molecule is CCCC(C)(CO)CN1CCC(CN(C)C)CC1. The quantitative estimate of drug-likeness (QED) is 0.755. The average Bonchev–Trinajstić information content (AvgIpc) is 2.31. The lowest BCUT2D eigenvalue weighted by atomic mass is 9.85. The van der Waals surface area contributed by atoms with Crippen LogP contribution in [0.2, 0.25) is 0 Å². The van der Waals surface area contributed by atoms with Crippen LogP contribution in [-0.4, -0.2) is 61.8 Å². The first-order valence-corrected chi connectivity index (χ1v) is 7.47. The van der Waals surface area contributed by atoms with Gasteiger partial charge in [0.05, 0.1) is 0 Å². The van der Waals surface area contributed by atoms with E-state index < -0.39 is 0 Å². The second-order valence-electron chi connectivity index (χ2n) is 6.70. The summed E-state index contributed by atoms with van der Waals surface area (Å²) in [5, 5.41) is 9.58. The van der Waals surface area contributed by atoms with Crippen molar-refractivity contribution in [1.29, 1.82) is 0 Å². The van der Waals surface area contributed by atoms with E-state index in [4.69, 9.17) is 0 Å². The summed E-state index contributed by atoms with van der Waals surface area (Å²) in [4.78, 5) is 4.85. The third-order valence-corrected chi connectivity index (χ3v) is 4.17. The molecular weight excluding hydrogens is 224 g/mol. The van der Waals surface area contributed by atoms with Crippen molar-refractivity contribution in [1.82, 2.24) is 9.80 Å². The topological polar surface area (TPSA) is 26.7 Å². The Hall–Kier alpha value is -0.120. The van der Waals surface area contributed by atoms with Gasteiger partial charge in [0.2, 0.25) is 0 Å². The van der Waals surface area contributed by atoms with Crippen LogP contribution in [0.15, 0.2) is 0 Å². The van der Waals surface area contributed by atoms with Gasteiger partial charge in [-0.3, -0.25) is 0 Å². The maximum atomic E-state index is 9.58. The third-order valence-electron chi connectivity index (χ3n) is 4.17. The number of aliphatic hydroxyl groups excluding tert-OH is 1. The summed E-state index contributed by atoms with van der Waals surface area (Å²) < 4.78 is 0. The molecule has 3 heteroatoms. The van der Waals surface area contributed by atoms with Gasteiger partial charge in [-0.1, -0.05) is 20.3 Å². The van der Waals surface area contributed by atoms with E-state index in [1.807, 2.05) is 0 Å². The van der Waals surface area contributed by atoms with E-state index in [-0.39, 0.29) is 5.41 Å². The molecule has 1 unspecified atom stereocenters. The van der Waals surface area contributed by atoms with Crippen LogP contribution in [0.25, 0.3) is 0 Å². The monoisotopic (exact) mass is 256 g/mol. The van der Waals surface area contributed by atoms with Gasteiger partial charge in [-0.25, -0.2) is 0 Å². The van der Waals surface area contributed by atoms with E-state index in [0.717, 1.165) is 25.3 Å². The van der Waals surface area contributed by atoms with E-state index in [2.05, 4.69) is 37.7 Å². The van der Waals surface area contributed by atoms with Crippen molar-refractivity contribution < 1.29 is 5.11 Å². The maximum absolute atomic E-state index is 9.58. The standard InChI is InChI=1S/C15H32N2O/c1-5-8-15(2,13-18)12-17-9-6-14(7-10-17)11-16(3)4/h14,18H,5-13H2,1-4H3. The van der Waals surface area contributed by atoms with Crippen LogP contribution in [0.5, 0.6) is 0 Å². The van der Waals surface area contributed by atoms with Gasteiger partial charge in [-0.2, -0.15) is 0 Å². The van der Waals surface area contributed by atoms with Crippen LogP contribution < -0.4 is 0 Å². The molecule has 0 radical (unpaired) electrons. The predicted octanol–water partition coefficient (Wildman–Crippen LogP) is 2.06. The van der Waals surface area contributed by atoms with Crippen molar-refractivity contribution in [2.45, 2.75) is 39.5 Å². The molecule has 1 aliphatic rings. The van der Waals surface area contributed by atoms with Crippen LogP contribution in [0.4, 0.5) is 0 Å². The van der Waals surface area contributed by atoms with E-state index in [1.165, 1.54) is 32.5 Å². The van der Waals surface area contributed by atoms with Gasteiger partial charge in [0, 0.05) is 25.1 Å². The average molecular weight is 256 g/mol. The minimum absolute atomic E-state index is 0.100. The first-order valence-electron chi connectivity index (χ1n) is 7.47. The zero-order chi connectivity index (χ0) is 13.6. The van der Waals surface area contributed by atoms with Gasteiger partial charge in [0.15, 0.2) is 0 Å². The molecule has 108 valence electrons. The Kier molecular flexibility index (Phi) is 6.61. The van der Waals surface area contributed by atoms with Gasteiger partial charge < -0.3 is 14.9 Å². The minimum Gasteiger partial charge on any atom is -0.396 e. The Labute approximate surface area is 113 Å². The predicted molar refractivity (Wildman–Crippen MR) is 77.8 cm³/mol. The summed E-state index contributed by atoms with van der Waals surface area (Å²) >= 11 is 0. The first kappa shape index (κ1) is 15.9. The molecule has 0 amide bonds. The Bertz CT molecular complexity index is 225. The lowest BCUT2D eigenvalue weighted by Gasteiger charge is -2.38. The maximum Gasteiger partial charge on any atom is 0.0497 e. The zero-order valence-electron chi connectivity index (χ0n) is 12.8. The number of nitrogens with zero attached hydrogens (tertiary/aromatic N) is 2. The summed E-state index contributed by atoms with van der Waals surface area (Å²) in [6.45, 7) is 9.44. The van der Waals surface area contributed by atoms with Crippen LogP contribution in [0.3, 0.4) is 0 Å². The van der Waals surface area contributed by atoms with E-state index >= 15 is 0 Å². The molecule has 18 heavy (non-hydrogen) atoms. The molecule has 3 nitrogen and oxygen atoms in total. The largest absolute Gasteiger partial charge is 0.396 e. The summed E-state index contributed by atoms with van der Waals surface area (Å²) in [7, 11) is 4.33. The smallest absolute Gasteiger partial charge is 0.0497 e. The van der Waals surface area contributed by atoms with Crippen molar-refractivity contribution in [2.24, 2.45) is 11.3 Å². The van der Waals surface area contributed by atoms with Crippen molar-refractivity contribution in [2.75, 3.05) is 46.9 Å². The molecule has 0 aromatic rings. The van der Waals surface area contributed by atoms with Crippen LogP contribution in [0, 0.1) is 11.3 Å². The molecule has 0 aromatic heterocycles. The van der Waals surface area contributed by atoms with Crippen LogP contribution >= 0.6 is 0 Å². The highest BCUT2D eigenvalue weighted by Gasteiger charge is 2.28. The molecular formula is C15H32N2O. The van der Waals surface area contributed by atoms with Crippen LogP contribution in [-0.2, 0) is 0 Å². The van der Waals surface area contributed by atoms with Gasteiger partial charge >= 0.3 is 0 Å². The molecule has 0 aliphatic carbocycles. The van der Waals surface area contributed by atoms with Crippen molar-refractivity contribution >= 4 is 0 Å². The molecule has 1 fully saturated rings. The molecule has 0 bridgehead atoms. The molecule has 0 aromatic carbocycles. The summed E-state index contributed by atoms with van der Waals surface area (Å²) in [5.74, 6) is 0.864. The Morgan fingerprint density at radius 2 is 1.89 bits per heavy atom. The molecule has 1 N–H and O–H groups in total. The van der Waals surface area contributed by atoms with Crippen molar-refractivity contribution in [3.63, 3.8) is 0 Å². The number of rotatable bonds is 7. The summed E-state index contributed by atoms with van der Waals surface area (Å²) in [5.41, 5.74) is 0.100. The van der Waals surface area contributed by atoms with Gasteiger partial charge in [0.1, 0.15) is 0 Å². The summed E-state index contributed by atoms with van der Waals surface area (Å²) in [6, 6.07) is 0. The molecule has 1 atom stereocenters. The Morgan fingerprint density at radius 1 is 1.28 bits per heavy atom. The number of aliphatic hydroxyl groups is 1. The zero-order valence-corrected chi connectivity index (χ0v) is 12.8. The van der Waals surface area contributed by atoms with Crippen molar-refractivity contribution in [3.05, 3.63) is 0 Å². The lowest BCUT2D eigenvalue weighted by molar-refractivity contribution is 0.0595. The van der Waals surface area contributed by atoms with E-state index in [0.29, 0.717) is 6.61 Å². The molecule has 1 saturated heterocycles. The van der Waals surface area contributed by atoms with Crippen LogP contribution in [0.1, 0.15) is 39.5 Å². The number of hydrogen-bond acceptors (Lipinski definition) is 3. The molecule has 1 rings (SSSR count). The second kappa shape index (κ2) is 7.46. The highest BCUT2D eigenvalue weighted by atomic mass is 16.3. The van der Waals surface area contributed by atoms with Gasteiger partial charge in [0.25, 0.3) is 0 Å². The fraction of sp³-hybridized carbons (Fsp3) is 1.00. The second-order valence-corrected chi connectivity index (χ2v) is 6.70. The number of hydrogen-bond donors (Lipinski definition) is 1. The van der Waals surface area contributed by atoms with Gasteiger partial charge in [-0.05, 0) is 52.4 Å². The third kappa shape index (κ3) is 5.25. The molecule has 0 spiro atoms. The first-order chi connectivity index (χ1) is 8.49. The lowest BCUT2D eigenvalue weighted by Crippen LogP contribution is -2.43. The van der Waals surface area contributed by atoms with E-state index in [1.54, 1.807) is 0 Å². The molecule has 1 heterocycles. The van der Waals surface area contributed by atoms with Gasteiger partial charge in [-0.15, -0.1) is 0 Å². The Balaban J connectivity index is 2.34. The highest BCUT2D eigenvalue weighted by molar-refractivity contribution is 4.81. The normalized spacial score (nSPS) is 22.3. The molecule has 1 aliphatic heterocycles. The fourth-order valence-electron chi connectivity index (χ4n) is 3.20. The minimum atomic E-state index is 0.100. The fourth-order valence-corrected chi connectivity index (χ4v) is 3.20. The number of piperidine rings is 1. The van der Waals surface area contributed by atoms with E-state index in [9.17, 15) is 5.11 Å². The van der Waals surface area contributed by atoms with Crippen molar-refractivity contribution in [3.8, 4) is 0 Å². The Morgan fingerprint density at radius 3 is 2.33 bits per heavy atom. The summed E-state index contributed by atoms with van der Waals surface area (Å²) in [6.07, 6.45) is 4.91. The molecule has 0 saturated carbocycles.